The number of ether oxygens (including phenoxy) is 1. The van der Waals surface area contributed by atoms with Gasteiger partial charge in [0.15, 0.2) is 0 Å². The molecule has 1 saturated heterocycles. The highest BCUT2D eigenvalue weighted by Gasteiger charge is 2.18. The Labute approximate surface area is 158 Å². The van der Waals surface area contributed by atoms with E-state index in [1.165, 1.54) is 5.56 Å². The van der Waals surface area contributed by atoms with Crippen molar-refractivity contribution >= 4 is 16.8 Å². The number of nitrogens with one attached hydrogen (secondary N) is 1. The van der Waals surface area contributed by atoms with Crippen molar-refractivity contribution in [3.05, 3.63) is 65.2 Å². The molecule has 2 heterocycles. The number of benzene rings is 2. The summed E-state index contributed by atoms with van der Waals surface area (Å²) in [5.74, 6) is -0.110. The van der Waals surface area contributed by atoms with E-state index in [4.69, 9.17) is 9.72 Å². The smallest absolute Gasteiger partial charge is 0.266 e. The van der Waals surface area contributed by atoms with Crippen LogP contribution in [0.2, 0.25) is 0 Å². The Morgan fingerprint density at radius 3 is 2.63 bits per heavy atom. The van der Waals surface area contributed by atoms with Crippen molar-refractivity contribution in [3.8, 4) is 11.3 Å². The molecule has 0 spiro atoms. The second-order valence-electron chi connectivity index (χ2n) is 6.93. The SMILES string of the molecule is Cc1ccc(-c2cc(C(=O)NN3CCOCC3)c3ccccc3n2)c(C)c1. The maximum Gasteiger partial charge on any atom is 0.266 e. The molecule has 1 fully saturated rings. The molecule has 0 atom stereocenters. The fourth-order valence-electron chi connectivity index (χ4n) is 3.48. The Bertz CT molecular complexity index is 994. The van der Waals surface area contributed by atoms with Crippen molar-refractivity contribution in [2.24, 2.45) is 0 Å². The summed E-state index contributed by atoms with van der Waals surface area (Å²) >= 11 is 0. The molecule has 1 aromatic heterocycles. The van der Waals surface area contributed by atoms with Crippen molar-refractivity contribution in [1.82, 2.24) is 15.4 Å². The summed E-state index contributed by atoms with van der Waals surface area (Å²) < 4.78 is 5.35. The zero-order valence-electron chi connectivity index (χ0n) is 15.7. The second kappa shape index (κ2) is 7.47. The molecule has 2 aromatic carbocycles. The van der Waals surface area contributed by atoms with Gasteiger partial charge >= 0.3 is 0 Å². The molecular formula is C22H23N3O2. The molecule has 0 bridgehead atoms. The third kappa shape index (κ3) is 3.70. The van der Waals surface area contributed by atoms with E-state index in [-0.39, 0.29) is 5.91 Å². The number of hydrazine groups is 1. The highest BCUT2D eigenvalue weighted by molar-refractivity contribution is 6.07. The molecule has 27 heavy (non-hydrogen) atoms. The van der Waals surface area contributed by atoms with Gasteiger partial charge in [-0.05, 0) is 31.5 Å². The van der Waals surface area contributed by atoms with Crippen molar-refractivity contribution in [3.63, 3.8) is 0 Å². The molecule has 3 aromatic rings. The van der Waals surface area contributed by atoms with Crippen molar-refractivity contribution < 1.29 is 9.53 Å². The predicted molar refractivity (Wildman–Crippen MR) is 107 cm³/mol. The lowest BCUT2D eigenvalue weighted by atomic mass is 9.99. The number of hydrogen-bond donors (Lipinski definition) is 1. The standard InChI is InChI=1S/C22H23N3O2/c1-15-7-8-17(16(2)13-15)21-14-19(18-5-3-4-6-20(18)23-21)22(26)24-25-9-11-27-12-10-25/h3-8,13-14H,9-12H2,1-2H3,(H,24,26). The Kier molecular flexibility index (Phi) is 4.88. The lowest BCUT2D eigenvalue weighted by molar-refractivity contribution is 0.0127. The van der Waals surface area contributed by atoms with Crippen LogP contribution in [0.3, 0.4) is 0 Å². The molecule has 1 N–H and O–H groups in total. The van der Waals surface area contributed by atoms with Crippen molar-refractivity contribution in [2.75, 3.05) is 26.3 Å². The Balaban J connectivity index is 1.77. The maximum absolute atomic E-state index is 13.0. The number of fused-ring (bicyclic) bond motifs is 1. The van der Waals surface area contributed by atoms with Gasteiger partial charge in [-0.1, -0.05) is 42.0 Å². The quantitative estimate of drug-likeness (QED) is 0.776. The van der Waals surface area contributed by atoms with Gasteiger partial charge in [0.2, 0.25) is 0 Å². The summed E-state index contributed by atoms with van der Waals surface area (Å²) in [6, 6.07) is 16.0. The molecule has 4 rings (SSSR count). The number of rotatable bonds is 3. The average Bonchev–Trinajstić information content (AvgIpc) is 2.68. The van der Waals surface area contributed by atoms with E-state index in [2.05, 4.69) is 37.5 Å². The van der Waals surface area contributed by atoms with Crippen LogP contribution in [0.4, 0.5) is 0 Å². The summed E-state index contributed by atoms with van der Waals surface area (Å²) in [5, 5.41) is 2.77. The third-order valence-electron chi connectivity index (χ3n) is 4.89. The van der Waals surface area contributed by atoms with Crippen LogP contribution >= 0.6 is 0 Å². The lowest BCUT2D eigenvalue weighted by Crippen LogP contribution is -2.48. The van der Waals surface area contributed by atoms with E-state index in [9.17, 15) is 4.79 Å². The van der Waals surface area contributed by atoms with Gasteiger partial charge in [-0.3, -0.25) is 10.2 Å². The molecule has 1 amide bonds. The highest BCUT2D eigenvalue weighted by Crippen LogP contribution is 2.27. The van der Waals surface area contributed by atoms with E-state index in [0.717, 1.165) is 27.7 Å². The van der Waals surface area contributed by atoms with E-state index in [0.29, 0.717) is 31.9 Å². The van der Waals surface area contributed by atoms with Gasteiger partial charge in [0.05, 0.1) is 30.0 Å². The zero-order chi connectivity index (χ0) is 18.8. The summed E-state index contributed by atoms with van der Waals surface area (Å²) in [4.78, 5) is 17.8. The molecular weight excluding hydrogens is 338 g/mol. The van der Waals surface area contributed by atoms with Gasteiger partial charge in [0.1, 0.15) is 0 Å². The number of pyridine rings is 1. The molecule has 0 radical (unpaired) electrons. The van der Waals surface area contributed by atoms with E-state index >= 15 is 0 Å². The minimum atomic E-state index is -0.110. The maximum atomic E-state index is 13.0. The minimum Gasteiger partial charge on any atom is -0.379 e. The summed E-state index contributed by atoms with van der Waals surface area (Å²) in [6.45, 7) is 6.80. The van der Waals surface area contributed by atoms with Crippen LogP contribution in [-0.2, 0) is 4.74 Å². The largest absolute Gasteiger partial charge is 0.379 e. The first-order valence-corrected chi connectivity index (χ1v) is 9.23. The van der Waals surface area contributed by atoms with Gasteiger partial charge in [0.25, 0.3) is 5.91 Å². The first kappa shape index (κ1) is 17.6. The predicted octanol–water partition coefficient (Wildman–Crippen LogP) is 3.50. The van der Waals surface area contributed by atoms with Crippen LogP contribution in [-0.4, -0.2) is 42.2 Å². The Hall–Kier alpha value is -2.76. The van der Waals surface area contributed by atoms with Crippen LogP contribution in [0, 0.1) is 13.8 Å². The van der Waals surface area contributed by atoms with Crippen molar-refractivity contribution in [1.29, 1.82) is 0 Å². The van der Waals surface area contributed by atoms with E-state index in [1.54, 1.807) is 0 Å². The summed E-state index contributed by atoms with van der Waals surface area (Å²) in [5.41, 5.74) is 8.71. The summed E-state index contributed by atoms with van der Waals surface area (Å²) in [7, 11) is 0. The molecule has 1 aliphatic rings. The first-order valence-electron chi connectivity index (χ1n) is 9.23. The number of aryl methyl sites for hydroxylation is 2. The van der Waals surface area contributed by atoms with Gasteiger partial charge in [-0.2, -0.15) is 0 Å². The Morgan fingerprint density at radius 2 is 1.85 bits per heavy atom. The van der Waals surface area contributed by atoms with Gasteiger partial charge in [0, 0.05) is 24.0 Å². The fourth-order valence-corrected chi connectivity index (χ4v) is 3.48. The van der Waals surface area contributed by atoms with Gasteiger partial charge in [-0.25, -0.2) is 9.99 Å². The monoisotopic (exact) mass is 361 g/mol. The fraction of sp³-hybridized carbons (Fsp3) is 0.273. The minimum absolute atomic E-state index is 0.110. The number of hydrogen-bond acceptors (Lipinski definition) is 4. The molecule has 0 saturated carbocycles. The lowest BCUT2D eigenvalue weighted by Gasteiger charge is -2.27. The number of para-hydroxylation sites is 1. The van der Waals surface area contributed by atoms with Gasteiger partial charge < -0.3 is 4.74 Å². The molecule has 138 valence electrons. The zero-order valence-corrected chi connectivity index (χ0v) is 15.7. The van der Waals surface area contributed by atoms with E-state index in [1.807, 2.05) is 35.3 Å². The summed E-state index contributed by atoms with van der Waals surface area (Å²) in [6.07, 6.45) is 0. The van der Waals surface area contributed by atoms with Crippen LogP contribution in [0.15, 0.2) is 48.5 Å². The molecule has 0 unspecified atom stereocenters. The third-order valence-corrected chi connectivity index (χ3v) is 4.89. The number of morpholine rings is 1. The number of carbonyl (C=O) groups is 1. The number of aromatic nitrogens is 1. The number of amides is 1. The first-order chi connectivity index (χ1) is 13.1. The number of nitrogens with zero attached hydrogens (tertiary/aromatic N) is 2. The van der Waals surface area contributed by atoms with Crippen LogP contribution in [0.5, 0.6) is 0 Å². The Morgan fingerprint density at radius 1 is 1.07 bits per heavy atom. The topological polar surface area (TPSA) is 54.5 Å². The van der Waals surface area contributed by atoms with Crippen molar-refractivity contribution in [2.45, 2.75) is 13.8 Å². The van der Waals surface area contributed by atoms with Gasteiger partial charge in [-0.15, -0.1) is 0 Å². The number of carbonyl (C=O) groups excluding carboxylic acids is 1. The van der Waals surface area contributed by atoms with E-state index < -0.39 is 0 Å². The normalized spacial score (nSPS) is 15.0. The highest BCUT2D eigenvalue weighted by atomic mass is 16.5. The van der Waals surface area contributed by atoms with Crippen LogP contribution < -0.4 is 5.43 Å². The van der Waals surface area contributed by atoms with Crippen LogP contribution in [0.25, 0.3) is 22.2 Å². The molecule has 5 nitrogen and oxygen atoms in total. The molecule has 1 aliphatic heterocycles. The van der Waals surface area contributed by atoms with Crippen LogP contribution in [0.1, 0.15) is 21.5 Å². The molecule has 5 heteroatoms. The molecule has 0 aliphatic carbocycles. The average molecular weight is 361 g/mol. The second-order valence-corrected chi connectivity index (χ2v) is 6.93.